The van der Waals surface area contributed by atoms with Gasteiger partial charge in [0.1, 0.15) is 17.3 Å². The van der Waals surface area contributed by atoms with Crippen molar-refractivity contribution in [2.45, 2.75) is 26.4 Å². The fourth-order valence-electron chi connectivity index (χ4n) is 3.10. The summed E-state index contributed by atoms with van der Waals surface area (Å²) >= 11 is 1.68. The molecule has 2 heterocycles. The molecule has 27 heavy (non-hydrogen) atoms. The molecular weight excluding hydrogens is 358 g/mol. The molecule has 6 heteroatoms. The molecule has 0 aliphatic rings. The molecule has 0 saturated heterocycles. The number of rotatable bonds is 7. The molecule has 0 spiro atoms. The van der Waals surface area contributed by atoms with Crippen molar-refractivity contribution in [2.24, 2.45) is 0 Å². The van der Waals surface area contributed by atoms with E-state index in [0.717, 1.165) is 47.1 Å². The Hall–Kier alpha value is -2.57. The number of aromatic hydroxyl groups is 1. The third kappa shape index (κ3) is 3.63. The Balaban J connectivity index is 1.71. The lowest BCUT2D eigenvalue weighted by molar-refractivity contribution is 0.0787. The molecule has 0 unspecified atom stereocenters. The van der Waals surface area contributed by atoms with Crippen molar-refractivity contribution in [3.05, 3.63) is 48.5 Å². The van der Waals surface area contributed by atoms with E-state index in [2.05, 4.69) is 34.0 Å². The second-order valence-corrected chi connectivity index (χ2v) is 7.75. The van der Waals surface area contributed by atoms with Crippen LogP contribution in [0.4, 0.5) is 5.82 Å². The zero-order chi connectivity index (χ0) is 18.8. The summed E-state index contributed by atoms with van der Waals surface area (Å²) in [6.45, 7) is 5.63. The summed E-state index contributed by atoms with van der Waals surface area (Å²) in [5, 5.41) is 13.2. The maximum Gasteiger partial charge on any atom is 0.197 e. The second-order valence-electron chi connectivity index (χ2n) is 6.74. The van der Waals surface area contributed by atoms with Gasteiger partial charge in [0.2, 0.25) is 0 Å². The van der Waals surface area contributed by atoms with Gasteiger partial charge in [0, 0.05) is 18.7 Å². The number of benzene rings is 2. The Morgan fingerprint density at radius 2 is 1.93 bits per heavy atom. The molecule has 0 radical (unpaired) electrons. The van der Waals surface area contributed by atoms with Crippen LogP contribution in [0.5, 0.6) is 5.75 Å². The van der Waals surface area contributed by atoms with Crippen LogP contribution in [0.2, 0.25) is 0 Å². The molecule has 5 nitrogen and oxygen atoms in total. The SMILES string of the molecule is CC(C)OCCCNc1c(-c2ccc(O)cc2)nc2sc3ccccc3n12. The number of para-hydroxylation sites is 1. The Labute approximate surface area is 162 Å². The number of hydrogen-bond donors (Lipinski definition) is 2. The van der Waals surface area contributed by atoms with E-state index < -0.39 is 0 Å². The van der Waals surface area contributed by atoms with Gasteiger partial charge in [-0.1, -0.05) is 23.5 Å². The molecule has 0 saturated carbocycles. The predicted molar refractivity (Wildman–Crippen MR) is 112 cm³/mol. The van der Waals surface area contributed by atoms with Crippen molar-refractivity contribution >= 4 is 32.3 Å². The molecule has 0 amide bonds. The minimum atomic E-state index is 0.250. The number of nitrogens with zero attached hydrogens (tertiary/aromatic N) is 2. The number of imidazole rings is 1. The first-order valence-corrected chi connectivity index (χ1v) is 10.00. The van der Waals surface area contributed by atoms with Gasteiger partial charge in [-0.3, -0.25) is 4.40 Å². The number of nitrogens with one attached hydrogen (secondary N) is 1. The number of ether oxygens (including phenoxy) is 1. The van der Waals surface area contributed by atoms with Crippen LogP contribution in [0.3, 0.4) is 0 Å². The van der Waals surface area contributed by atoms with E-state index in [1.807, 2.05) is 26.0 Å². The largest absolute Gasteiger partial charge is 0.508 e. The van der Waals surface area contributed by atoms with Crippen molar-refractivity contribution in [2.75, 3.05) is 18.5 Å². The Bertz CT molecular complexity index is 1050. The van der Waals surface area contributed by atoms with Crippen molar-refractivity contribution in [1.82, 2.24) is 9.38 Å². The lowest BCUT2D eigenvalue weighted by Crippen LogP contribution is -2.10. The highest BCUT2D eigenvalue weighted by Crippen LogP contribution is 2.36. The summed E-state index contributed by atoms with van der Waals surface area (Å²) in [6, 6.07) is 15.5. The van der Waals surface area contributed by atoms with Crippen LogP contribution in [0.25, 0.3) is 26.4 Å². The molecule has 140 valence electrons. The monoisotopic (exact) mass is 381 g/mol. The minimum absolute atomic E-state index is 0.250. The summed E-state index contributed by atoms with van der Waals surface area (Å²) in [5.74, 6) is 1.24. The zero-order valence-corrected chi connectivity index (χ0v) is 16.3. The van der Waals surface area contributed by atoms with Crippen molar-refractivity contribution < 1.29 is 9.84 Å². The van der Waals surface area contributed by atoms with E-state index >= 15 is 0 Å². The fourth-order valence-corrected chi connectivity index (χ4v) is 4.13. The van der Waals surface area contributed by atoms with E-state index in [1.54, 1.807) is 23.5 Å². The average molecular weight is 382 g/mol. The van der Waals surface area contributed by atoms with Gasteiger partial charge in [-0.2, -0.15) is 0 Å². The Kier molecular flexibility index (Phi) is 5.01. The van der Waals surface area contributed by atoms with Crippen LogP contribution in [0, 0.1) is 0 Å². The van der Waals surface area contributed by atoms with E-state index in [4.69, 9.17) is 9.72 Å². The number of phenolic OH excluding ortho intramolecular Hbond substituents is 1. The van der Waals surface area contributed by atoms with E-state index in [1.165, 1.54) is 4.70 Å². The van der Waals surface area contributed by atoms with Gasteiger partial charge in [-0.05, 0) is 56.7 Å². The standard InChI is InChI=1S/C21H23N3O2S/c1-14(2)26-13-5-12-22-20-19(15-8-10-16(25)11-9-15)23-21-24(20)17-6-3-4-7-18(17)27-21/h3-4,6-11,14,22,25H,5,12-13H2,1-2H3. The topological polar surface area (TPSA) is 58.8 Å². The molecule has 0 bridgehead atoms. The first-order chi connectivity index (χ1) is 13.1. The normalized spacial score (nSPS) is 11.7. The van der Waals surface area contributed by atoms with E-state index in [9.17, 15) is 5.11 Å². The molecule has 2 aromatic carbocycles. The summed E-state index contributed by atoms with van der Waals surface area (Å²) in [7, 11) is 0. The van der Waals surface area contributed by atoms with Gasteiger partial charge >= 0.3 is 0 Å². The number of thiazole rings is 1. The number of phenols is 1. The lowest BCUT2D eigenvalue weighted by atomic mass is 10.1. The molecule has 2 N–H and O–H groups in total. The highest BCUT2D eigenvalue weighted by atomic mass is 32.1. The van der Waals surface area contributed by atoms with Gasteiger partial charge in [-0.25, -0.2) is 4.98 Å². The Morgan fingerprint density at radius 1 is 1.15 bits per heavy atom. The summed E-state index contributed by atoms with van der Waals surface area (Å²) in [5.41, 5.74) is 3.03. The van der Waals surface area contributed by atoms with Gasteiger partial charge in [0.05, 0.1) is 16.3 Å². The number of hydrogen-bond acceptors (Lipinski definition) is 5. The second kappa shape index (κ2) is 7.58. The van der Waals surface area contributed by atoms with Crippen molar-refractivity contribution in [1.29, 1.82) is 0 Å². The zero-order valence-electron chi connectivity index (χ0n) is 15.5. The molecule has 0 aliphatic heterocycles. The molecule has 0 atom stereocenters. The number of anilines is 1. The van der Waals surface area contributed by atoms with Crippen molar-refractivity contribution in [3.63, 3.8) is 0 Å². The average Bonchev–Trinajstić information content (AvgIpc) is 3.18. The summed E-state index contributed by atoms with van der Waals surface area (Å²) < 4.78 is 9.04. The smallest absolute Gasteiger partial charge is 0.197 e. The quantitative estimate of drug-likeness (QED) is 0.435. The van der Waals surface area contributed by atoms with E-state index in [0.29, 0.717) is 0 Å². The molecule has 2 aromatic heterocycles. The molecule has 0 aliphatic carbocycles. The van der Waals surface area contributed by atoms with Gasteiger partial charge in [-0.15, -0.1) is 0 Å². The third-order valence-corrected chi connectivity index (χ3v) is 5.38. The van der Waals surface area contributed by atoms with Crippen LogP contribution in [-0.2, 0) is 4.74 Å². The van der Waals surface area contributed by atoms with Crippen LogP contribution in [-0.4, -0.2) is 33.7 Å². The van der Waals surface area contributed by atoms with Gasteiger partial charge in [0.25, 0.3) is 0 Å². The third-order valence-electron chi connectivity index (χ3n) is 4.36. The first-order valence-electron chi connectivity index (χ1n) is 9.18. The highest BCUT2D eigenvalue weighted by molar-refractivity contribution is 7.23. The minimum Gasteiger partial charge on any atom is -0.508 e. The van der Waals surface area contributed by atoms with Crippen LogP contribution < -0.4 is 5.32 Å². The summed E-state index contributed by atoms with van der Waals surface area (Å²) in [6.07, 6.45) is 1.17. The lowest BCUT2D eigenvalue weighted by Gasteiger charge is -2.10. The molecule has 4 rings (SSSR count). The van der Waals surface area contributed by atoms with Gasteiger partial charge in [0.15, 0.2) is 4.96 Å². The van der Waals surface area contributed by atoms with Crippen LogP contribution in [0.15, 0.2) is 48.5 Å². The van der Waals surface area contributed by atoms with Crippen LogP contribution >= 0.6 is 11.3 Å². The maximum atomic E-state index is 9.61. The fraction of sp³-hybridized carbons (Fsp3) is 0.286. The maximum absolute atomic E-state index is 9.61. The predicted octanol–water partition coefficient (Wildman–Crippen LogP) is 5.15. The van der Waals surface area contributed by atoms with Crippen LogP contribution in [0.1, 0.15) is 20.3 Å². The molecule has 0 fully saturated rings. The molecular formula is C21H23N3O2S. The Morgan fingerprint density at radius 3 is 2.70 bits per heavy atom. The first kappa shape index (κ1) is 17.8. The number of aromatic nitrogens is 2. The van der Waals surface area contributed by atoms with Gasteiger partial charge < -0.3 is 15.2 Å². The van der Waals surface area contributed by atoms with E-state index in [-0.39, 0.29) is 11.9 Å². The van der Waals surface area contributed by atoms with Crippen molar-refractivity contribution in [3.8, 4) is 17.0 Å². The molecule has 4 aromatic rings. The summed E-state index contributed by atoms with van der Waals surface area (Å²) in [4.78, 5) is 5.84. The highest BCUT2D eigenvalue weighted by Gasteiger charge is 2.18. The number of fused-ring (bicyclic) bond motifs is 3.